The van der Waals surface area contributed by atoms with Crippen molar-refractivity contribution in [3.05, 3.63) is 53.0 Å². The van der Waals surface area contributed by atoms with Crippen LogP contribution < -0.4 is 5.32 Å². The Morgan fingerprint density at radius 1 is 1.44 bits per heavy atom. The minimum Gasteiger partial charge on any atom is -0.461 e. The van der Waals surface area contributed by atoms with Gasteiger partial charge in [0, 0.05) is 19.3 Å². The van der Waals surface area contributed by atoms with Crippen LogP contribution in [-0.4, -0.2) is 24.6 Å². The first kappa shape index (κ1) is 17.1. The molecule has 1 atom stereocenters. The zero-order valence-corrected chi connectivity index (χ0v) is 14.4. The van der Waals surface area contributed by atoms with E-state index in [2.05, 4.69) is 11.4 Å². The van der Waals surface area contributed by atoms with E-state index in [4.69, 9.17) is 14.4 Å². The molecule has 0 radical (unpaired) electrons. The number of anilines is 1. The van der Waals surface area contributed by atoms with Crippen LogP contribution >= 0.6 is 0 Å². The van der Waals surface area contributed by atoms with E-state index in [0.717, 1.165) is 29.9 Å². The summed E-state index contributed by atoms with van der Waals surface area (Å²) in [6.07, 6.45) is 1.79. The lowest BCUT2D eigenvalue weighted by Crippen LogP contribution is -2.34. The van der Waals surface area contributed by atoms with Gasteiger partial charge in [-0.15, -0.1) is 0 Å². The molecule has 3 rings (SSSR count). The highest BCUT2D eigenvalue weighted by atomic mass is 16.5. The van der Waals surface area contributed by atoms with E-state index in [1.54, 1.807) is 24.1 Å². The van der Waals surface area contributed by atoms with E-state index in [1.807, 2.05) is 25.1 Å². The third-order valence-electron chi connectivity index (χ3n) is 4.51. The Morgan fingerprint density at radius 3 is 3.04 bits per heavy atom. The molecular formula is C19H21N3O3. The smallest absolute Gasteiger partial charge is 0.322 e. The first-order valence-corrected chi connectivity index (χ1v) is 8.29. The second kappa shape index (κ2) is 7.41. The third-order valence-corrected chi connectivity index (χ3v) is 4.51. The van der Waals surface area contributed by atoms with Crippen LogP contribution in [0.4, 0.5) is 10.5 Å². The average Bonchev–Trinajstić information content (AvgIpc) is 3.26. The van der Waals surface area contributed by atoms with Gasteiger partial charge in [0.2, 0.25) is 0 Å². The lowest BCUT2D eigenvalue weighted by molar-refractivity contribution is 0.157. The Kier molecular flexibility index (Phi) is 5.05. The lowest BCUT2D eigenvalue weighted by Gasteiger charge is -2.24. The number of benzene rings is 1. The number of methoxy groups -OCH3 is 1. The molecule has 1 aromatic carbocycles. The van der Waals surface area contributed by atoms with Crippen LogP contribution in [0.2, 0.25) is 0 Å². The Bertz CT molecular complexity index is 806. The van der Waals surface area contributed by atoms with Crippen LogP contribution in [-0.2, 0) is 11.3 Å². The first-order valence-electron chi connectivity index (χ1n) is 8.29. The lowest BCUT2D eigenvalue weighted by atomic mass is 10.1. The average molecular weight is 339 g/mol. The van der Waals surface area contributed by atoms with Crippen LogP contribution in [0.3, 0.4) is 0 Å². The molecule has 1 unspecified atom stereocenters. The fraction of sp³-hybridized carbons (Fsp3) is 0.368. The third kappa shape index (κ3) is 3.52. The molecule has 0 aliphatic carbocycles. The zero-order valence-electron chi connectivity index (χ0n) is 14.4. The monoisotopic (exact) mass is 339 g/mol. The van der Waals surface area contributed by atoms with E-state index in [9.17, 15) is 4.79 Å². The predicted octanol–water partition coefficient (Wildman–Crippen LogP) is 3.98. The van der Waals surface area contributed by atoms with Gasteiger partial charge >= 0.3 is 6.03 Å². The van der Waals surface area contributed by atoms with E-state index >= 15 is 0 Å². The summed E-state index contributed by atoms with van der Waals surface area (Å²) in [4.78, 5) is 14.5. The van der Waals surface area contributed by atoms with Crippen molar-refractivity contribution in [3.63, 3.8) is 0 Å². The van der Waals surface area contributed by atoms with Gasteiger partial charge in [-0.25, -0.2) is 4.79 Å². The van der Waals surface area contributed by atoms with Gasteiger partial charge in [0.25, 0.3) is 0 Å². The van der Waals surface area contributed by atoms with Crippen molar-refractivity contribution < 1.29 is 13.9 Å². The second-order valence-corrected chi connectivity index (χ2v) is 6.11. The van der Waals surface area contributed by atoms with Gasteiger partial charge in [-0.2, -0.15) is 5.26 Å². The minimum absolute atomic E-state index is 0.0786. The van der Waals surface area contributed by atoms with Crippen molar-refractivity contribution in [1.82, 2.24) is 4.90 Å². The number of hydrogen-bond acceptors (Lipinski definition) is 4. The summed E-state index contributed by atoms with van der Waals surface area (Å²) in [6, 6.07) is 11.0. The molecule has 0 bridgehead atoms. The Hall–Kier alpha value is -2.78. The first-order chi connectivity index (χ1) is 12.1. The topological polar surface area (TPSA) is 78.5 Å². The van der Waals surface area contributed by atoms with Crippen molar-refractivity contribution in [1.29, 1.82) is 5.26 Å². The van der Waals surface area contributed by atoms with Crippen molar-refractivity contribution >= 4 is 11.7 Å². The number of furan rings is 1. The number of rotatable bonds is 4. The van der Waals surface area contributed by atoms with E-state index < -0.39 is 0 Å². The summed E-state index contributed by atoms with van der Waals surface area (Å²) >= 11 is 0. The number of hydrogen-bond donors (Lipinski definition) is 1. The van der Waals surface area contributed by atoms with Crippen LogP contribution in [0.15, 0.2) is 34.7 Å². The number of carbonyl (C=O) groups is 1. The predicted molar refractivity (Wildman–Crippen MR) is 93.0 cm³/mol. The highest BCUT2D eigenvalue weighted by molar-refractivity contribution is 5.91. The van der Waals surface area contributed by atoms with Gasteiger partial charge in [-0.05, 0) is 49.6 Å². The molecular weight excluding hydrogens is 318 g/mol. The Labute approximate surface area is 147 Å². The summed E-state index contributed by atoms with van der Waals surface area (Å²) in [7, 11) is 1.62. The molecule has 6 nitrogen and oxygen atoms in total. The fourth-order valence-corrected chi connectivity index (χ4v) is 3.18. The number of nitriles is 1. The van der Waals surface area contributed by atoms with Crippen molar-refractivity contribution in [2.75, 3.05) is 19.0 Å². The molecule has 2 amide bonds. The molecule has 6 heteroatoms. The Morgan fingerprint density at radius 2 is 2.28 bits per heavy atom. The summed E-state index contributed by atoms with van der Waals surface area (Å²) in [5.41, 5.74) is 2.00. The number of likely N-dealkylation sites (tertiary alicyclic amines) is 1. The van der Waals surface area contributed by atoms with Gasteiger partial charge in [-0.1, -0.05) is 6.07 Å². The molecule has 0 saturated carbocycles. The number of urea groups is 1. The molecule has 1 aromatic heterocycles. The summed E-state index contributed by atoms with van der Waals surface area (Å²) < 4.78 is 10.9. The molecule has 1 aliphatic heterocycles. The number of ether oxygens (including phenoxy) is 1. The van der Waals surface area contributed by atoms with Crippen molar-refractivity contribution in [2.24, 2.45) is 0 Å². The molecule has 1 saturated heterocycles. The molecule has 0 spiro atoms. The maximum atomic E-state index is 12.7. The van der Waals surface area contributed by atoms with Gasteiger partial charge in [0.05, 0.1) is 17.7 Å². The van der Waals surface area contributed by atoms with Crippen LogP contribution in [0.5, 0.6) is 0 Å². The van der Waals surface area contributed by atoms with Gasteiger partial charge in [0.15, 0.2) is 0 Å². The van der Waals surface area contributed by atoms with E-state index in [0.29, 0.717) is 24.4 Å². The molecule has 2 heterocycles. The summed E-state index contributed by atoms with van der Waals surface area (Å²) in [6.45, 7) is 2.92. The maximum Gasteiger partial charge on any atom is 0.322 e. The zero-order chi connectivity index (χ0) is 17.8. The maximum absolute atomic E-state index is 12.7. The van der Waals surface area contributed by atoms with Gasteiger partial charge < -0.3 is 19.4 Å². The standard InChI is InChI=1S/C19H21N3O3/c1-13-14(11-20)5-3-6-16(13)21-19(23)22-10-4-7-17(22)18-9-8-15(25-18)12-24-2/h3,5-6,8-9,17H,4,7,10,12H2,1-2H3,(H,21,23). The largest absolute Gasteiger partial charge is 0.461 e. The summed E-state index contributed by atoms with van der Waals surface area (Å²) in [5.74, 6) is 1.53. The summed E-state index contributed by atoms with van der Waals surface area (Å²) in [5, 5.41) is 12.1. The fourth-order valence-electron chi connectivity index (χ4n) is 3.18. The Balaban J connectivity index is 1.76. The SMILES string of the molecule is COCc1ccc(C2CCCN2C(=O)Nc2cccc(C#N)c2C)o1. The second-order valence-electron chi connectivity index (χ2n) is 6.11. The number of nitrogens with one attached hydrogen (secondary N) is 1. The molecule has 1 aliphatic rings. The molecule has 2 aromatic rings. The normalized spacial score (nSPS) is 16.7. The highest BCUT2D eigenvalue weighted by Crippen LogP contribution is 2.34. The highest BCUT2D eigenvalue weighted by Gasteiger charge is 2.32. The van der Waals surface area contributed by atoms with Gasteiger partial charge in [-0.3, -0.25) is 0 Å². The van der Waals surface area contributed by atoms with Crippen LogP contribution in [0, 0.1) is 18.3 Å². The molecule has 130 valence electrons. The van der Waals surface area contributed by atoms with E-state index in [1.165, 1.54) is 0 Å². The number of nitrogens with zero attached hydrogens (tertiary/aromatic N) is 2. The van der Waals surface area contributed by atoms with E-state index in [-0.39, 0.29) is 12.1 Å². The van der Waals surface area contributed by atoms with Crippen molar-refractivity contribution in [3.8, 4) is 6.07 Å². The molecule has 25 heavy (non-hydrogen) atoms. The van der Waals surface area contributed by atoms with Crippen molar-refractivity contribution in [2.45, 2.75) is 32.4 Å². The number of carbonyl (C=O) groups excluding carboxylic acids is 1. The van der Waals surface area contributed by atoms with Gasteiger partial charge in [0.1, 0.15) is 18.1 Å². The van der Waals surface area contributed by atoms with Crippen LogP contribution in [0.25, 0.3) is 0 Å². The molecule has 1 N–H and O–H groups in total. The quantitative estimate of drug-likeness (QED) is 0.914. The minimum atomic E-state index is -0.176. The number of amides is 2. The van der Waals surface area contributed by atoms with Crippen LogP contribution in [0.1, 0.15) is 41.5 Å². The molecule has 1 fully saturated rings.